The Morgan fingerprint density at radius 1 is 1.30 bits per heavy atom. The first-order chi connectivity index (χ1) is 9.53. The number of aromatic nitrogens is 1. The molecule has 3 nitrogen and oxygen atoms in total. The van der Waals surface area contributed by atoms with Crippen LogP contribution >= 0.6 is 11.3 Å². The Labute approximate surface area is 125 Å². The first kappa shape index (κ1) is 15.1. The molecule has 0 radical (unpaired) electrons. The van der Waals surface area contributed by atoms with Gasteiger partial charge >= 0.3 is 0 Å². The van der Waals surface area contributed by atoms with Gasteiger partial charge in [0.25, 0.3) is 0 Å². The van der Waals surface area contributed by atoms with Crippen molar-refractivity contribution >= 4 is 32.9 Å². The molecule has 0 aliphatic heterocycles. The molecule has 2 rings (SSSR count). The summed E-state index contributed by atoms with van der Waals surface area (Å²) in [6.45, 7) is 7.81. The number of nitrogen functional groups attached to an aromatic ring is 1. The van der Waals surface area contributed by atoms with Crippen molar-refractivity contribution in [3.63, 3.8) is 0 Å². The number of nitrogens with zero attached hydrogens (tertiary/aromatic N) is 1. The fraction of sp³-hybridized carbons (Fsp3) is 0.562. The van der Waals surface area contributed by atoms with E-state index in [1.807, 2.05) is 5.51 Å². The number of hydrogen-bond acceptors (Lipinski definition) is 4. The highest BCUT2D eigenvalue weighted by Gasteiger charge is 2.17. The number of fused-ring (bicyclic) bond motifs is 1. The second-order valence-corrected chi connectivity index (χ2v) is 7.09. The molecule has 0 atom stereocenters. The zero-order chi connectivity index (χ0) is 14.6. The van der Waals surface area contributed by atoms with Crippen LogP contribution in [0.2, 0.25) is 0 Å². The Bertz CT molecular complexity index is 560. The molecular weight excluding hydrogens is 266 g/mol. The predicted molar refractivity (Wildman–Crippen MR) is 90.4 cm³/mol. The summed E-state index contributed by atoms with van der Waals surface area (Å²) < 4.78 is 1.15. The molecule has 1 heterocycles. The largest absolute Gasteiger partial charge is 0.395 e. The Kier molecular flexibility index (Phi) is 4.86. The molecule has 0 saturated heterocycles. The van der Waals surface area contributed by atoms with Gasteiger partial charge in [0.1, 0.15) is 5.52 Å². The van der Waals surface area contributed by atoms with E-state index in [2.05, 4.69) is 43.2 Å². The quantitative estimate of drug-likeness (QED) is 0.563. The highest BCUT2D eigenvalue weighted by molar-refractivity contribution is 7.16. The molecule has 1 aromatic heterocycles. The van der Waals surface area contributed by atoms with Crippen LogP contribution in [0.5, 0.6) is 0 Å². The molecule has 0 bridgehead atoms. The lowest BCUT2D eigenvalue weighted by Crippen LogP contribution is -2.23. The van der Waals surface area contributed by atoms with Crippen LogP contribution in [-0.2, 0) is 0 Å². The maximum atomic E-state index is 6.20. The molecule has 0 unspecified atom stereocenters. The maximum absolute atomic E-state index is 6.20. The van der Waals surface area contributed by atoms with E-state index in [9.17, 15) is 0 Å². The fourth-order valence-electron chi connectivity index (χ4n) is 2.38. The van der Waals surface area contributed by atoms with Crippen LogP contribution in [0.15, 0.2) is 17.6 Å². The topological polar surface area (TPSA) is 50.9 Å². The molecule has 0 fully saturated rings. The van der Waals surface area contributed by atoms with E-state index in [1.165, 1.54) is 25.7 Å². The molecule has 0 spiro atoms. The molecule has 1 aromatic carbocycles. The van der Waals surface area contributed by atoms with Crippen LogP contribution in [0, 0.1) is 5.41 Å². The van der Waals surface area contributed by atoms with Crippen molar-refractivity contribution < 1.29 is 0 Å². The van der Waals surface area contributed by atoms with Gasteiger partial charge in [0.2, 0.25) is 0 Å². The average molecular weight is 291 g/mol. The van der Waals surface area contributed by atoms with E-state index in [-0.39, 0.29) is 0 Å². The van der Waals surface area contributed by atoms with E-state index >= 15 is 0 Å². The monoisotopic (exact) mass is 291 g/mol. The van der Waals surface area contributed by atoms with Crippen molar-refractivity contribution in [1.82, 2.24) is 4.98 Å². The molecule has 0 aliphatic carbocycles. The van der Waals surface area contributed by atoms with Crippen LogP contribution < -0.4 is 11.1 Å². The summed E-state index contributed by atoms with van der Waals surface area (Å²) in [7, 11) is 0. The molecule has 2 aromatic rings. The summed E-state index contributed by atoms with van der Waals surface area (Å²) in [5.41, 5.74) is 11.0. The third kappa shape index (κ3) is 3.63. The Balaban J connectivity index is 1.99. The highest BCUT2D eigenvalue weighted by Crippen LogP contribution is 2.31. The lowest BCUT2D eigenvalue weighted by atomic mass is 9.87. The lowest BCUT2D eigenvalue weighted by molar-refractivity contribution is 0.342. The Hall–Kier alpha value is -1.29. The number of nitrogens with two attached hydrogens (primary N) is 1. The second-order valence-electron chi connectivity index (χ2n) is 6.20. The van der Waals surface area contributed by atoms with Gasteiger partial charge in [-0.25, -0.2) is 4.98 Å². The molecule has 20 heavy (non-hydrogen) atoms. The number of hydrogen-bond donors (Lipinski definition) is 2. The zero-order valence-electron chi connectivity index (χ0n) is 12.7. The molecule has 0 saturated carbocycles. The van der Waals surface area contributed by atoms with E-state index in [1.54, 1.807) is 11.3 Å². The van der Waals surface area contributed by atoms with E-state index < -0.39 is 0 Å². The summed E-state index contributed by atoms with van der Waals surface area (Å²) in [5.74, 6) is 0. The van der Waals surface area contributed by atoms with Gasteiger partial charge in [-0.1, -0.05) is 40.0 Å². The summed E-state index contributed by atoms with van der Waals surface area (Å²) in [5, 5.41) is 3.50. The van der Waals surface area contributed by atoms with Gasteiger partial charge in [-0.05, 0) is 24.0 Å². The number of benzene rings is 1. The van der Waals surface area contributed by atoms with Crippen molar-refractivity contribution in [2.45, 2.75) is 46.5 Å². The highest BCUT2D eigenvalue weighted by atomic mass is 32.1. The smallest absolute Gasteiger partial charge is 0.106 e. The Morgan fingerprint density at radius 2 is 2.10 bits per heavy atom. The van der Waals surface area contributed by atoms with E-state index in [0.717, 1.165) is 28.1 Å². The number of unbranched alkanes of at least 4 members (excludes halogenated alkanes) is 2. The van der Waals surface area contributed by atoms with Crippen molar-refractivity contribution in [3.05, 3.63) is 17.6 Å². The standard InChI is InChI=1S/C16H25N3S/c1-4-5-6-9-16(2,3)10-18-12-7-8-13-15(14(12)17)19-11-20-13/h7-8,11,18H,4-6,9-10,17H2,1-3H3. The molecule has 110 valence electrons. The van der Waals surface area contributed by atoms with Crippen LogP contribution in [0.4, 0.5) is 11.4 Å². The fourth-order valence-corrected chi connectivity index (χ4v) is 3.08. The molecular formula is C16H25N3S. The minimum absolute atomic E-state index is 0.290. The first-order valence-electron chi connectivity index (χ1n) is 7.39. The SMILES string of the molecule is CCCCCC(C)(C)CNc1ccc2scnc2c1N. The maximum Gasteiger partial charge on any atom is 0.106 e. The number of anilines is 2. The minimum Gasteiger partial charge on any atom is -0.395 e. The molecule has 0 aliphatic rings. The van der Waals surface area contributed by atoms with Gasteiger partial charge in [0.05, 0.1) is 21.6 Å². The van der Waals surface area contributed by atoms with Crippen LogP contribution in [0.1, 0.15) is 46.5 Å². The van der Waals surface area contributed by atoms with Gasteiger partial charge in [-0.15, -0.1) is 11.3 Å². The van der Waals surface area contributed by atoms with Gasteiger partial charge in [-0.2, -0.15) is 0 Å². The van der Waals surface area contributed by atoms with Crippen molar-refractivity contribution in [2.24, 2.45) is 5.41 Å². The normalized spacial score (nSPS) is 11.9. The predicted octanol–water partition coefficient (Wildman–Crippen LogP) is 4.90. The number of nitrogens with one attached hydrogen (secondary N) is 1. The van der Waals surface area contributed by atoms with Crippen molar-refractivity contribution in [2.75, 3.05) is 17.6 Å². The zero-order valence-corrected chi connectivity index (χ0v) is 13.5. The van der Waals surface area contributed by atoms with Crippen molar-refractivity contribution in [3.8, 4) is 0 Å². The third-order valence-corrected chi connectivity index (χ3v) is 4.55. The van der Waals surface area contributed by atoms with Crippen LogP contribution in [-0.4, -0.2) is 11.5 Å². The van der Waals surface area contributed by atoms with E-state index in [4.69, 9.17) is 5.73 Å². The summed E-state index contributed by atoms with van der Waals surface area (Å²) in [4.78, 5) is 4.34. The number of rotatable bonds is 7. The van der Waals surface area contributed by atoms with Crippen LogP contribution in [0.25, 0.3) is 10.2 Å². The minimum atomic E-state index is 0.290. The number of thiazole rings is 1. The Morgan fingerprint density at radius 3 is 2.85 bits per heavy atom. The second kappa shape index (κ2) is 6.44. The third-order valence-electron chi connectivity index (χ3n) is 3.76. The summed E-state index contributed by atoms with van der Waals surface area (Å²) >= 11 is 1.63. The van der Waals surface area contributed by atoms with Gasteiger partial charge < -0.3 is 11.1 Å². The van der Waals surface area contributed by atoms with E-state index in [0.29, 0.717) is 5.41 Å². The summed E-state index contributed by atoms with van der Waals surface area (Å²) in [6.07, 6.45) is 5.13. The lowest BCUT2D eigenvalue weighted by Gasteiger charge is -2.26. The van der Waals surface area contributed by atoms with Gasteiger partial charge in [0, 0.05) is 6.54 Å². The average Bonchev–Trinajstić information content (AvgIpc) is 2.87. The molecule has 4 heteroatoms. The first-order valence-corrected chi connectivity index (χ1v) is 8.27. The molecule has 3 N–H and O–H groups in total. The van der Waals surface area contributed by atoms with Crippen molar-refractivity contribution in [1.29, 1.82) is 0 Å². The molecule has 0 amide bonds. The van der Waals surface area contributed by atoms with Gasteiger partial charge in [0.15, 0.2) is 0 Å². The summed E-state index contributed by atoms with van der Waals surface area (Å²) in [6, 6.07) is 4.16. The van der Waals surface area contributed by atoms with Gasteiger partial charge in [-0.3, -0.25) is 0 Å². The van der Waals surface area contributed by atoms with Crippen LogP contribution in [0.3, 0.4) is 0 Å².